The van der Waals surface area contributed by atoms with Crippen molar-refractivity contribution in [1.29, 1.82) is 0 Å². The van der Waals surface area contributed by atoms with E-state index in [1.54, 1.807) is 0 Å². The average molecular weight is 679 g/mol. The van der Waals surface area contributed by atoms with Gasteiger partial charge >= 0.3 is 5.97 Å². The standard InChI is InChI=1S/C38H62O10/c1-18(2)25-27(42)29(44)31-35(25,6)14-15-37(8)21-10-11-24-34(4,5)32(48-33-30(45)28(43)26(41)23(17-39)47-33)22(46-19(3)40)16-36(24,7)20(21)12-13-38(31,37)9/h12,18,21-33,39,41-45H,10-11,13-17H2,1-9H3/t21-,22-,23-,24-,25-,26+,27-,28+,29-,30+,31+,32-,33+,35+,36+,37-,38+/m0/s1. The van der Waals surface area contributed by atoms with E-state index in [1.165, 1.54) is 12.5 Å². The van der Waals surface area contributed by atoms with Gasteiger partial charge in [-0.15, -0.1) is 0 Å². The molecule has 48 heavy (non-hydrogen) atoms. The number of fused-ring (bicyclic) bond motifs is 7. The van der Waals surface area contributed by atoms with Crippen molar-refractivity contribution < 1.29 is 49.6 Å². The molecule has 0 aromatic rings. The van der Waals surface area contributed by atoms with Crippen LogP contribution in [0.4, 0.5) is 0 Å². The van der Waals surface area contributed by atoms with E-state index in [2.05, 4.69) is 61.5 Å². The van der Waals surface area contributed by atoms with Crippen LogP contribution in [0.15, 0.2) is 11.6 Å². The quantitative estimate of drug-likeness (QED) is 0.144. The number of aliphatic hydroxyl groups excluding tert-OH is 6. The maximum absolute atomic E-state index is 12.6. The molecule has 5 aliphatic carbocycles. The predicted octanol–water partition coefficient (Wildman–Crippen LogP) is 3.33. The molecule has 0 bridgehead atoms. The molecule has 0 radical (unpaired) electrons. The number of carbonyl (C=O) groups is 1. The van der Waals surface area contributed by atoms with E-state index in [4.69, 9.17) is 14.2 Å². The van der Waals surface area contributed by atoms with Crippen LogP contribution in [0.2, 0.25) is 0 Å². The van der Waals surface area contributed by atoms with Crippen molar-refractivity contribution in [3.05, 3.63) is 11.6 Å². The minimum atomic E-state index is -1.57. The van der Waals surface area contributed by atoms with Crippen LogP contribution in [-0.2, 0) is 19.0 Å². The van der Waals surface area contributed by atoms with Crippen molar-refractivity contribution in [2.45, 2.75) is 156 Å². The first kappa shape index (κ1) is 36.7. The van der Waals surface area contributed by atoms with Crippen molar-refractivity contribution in [3.63, 3.8) is 0 Å². The first-order valence-electron chi connectivity index (χ1n) is 18.4. The zero-order valence-corrected chi connectivity index (χ0v) is 30.4. The second-order valence-corrected chi connectivity index (χ2v) is 18.5. The summed E-state index contributed by atoms with van der Waals surface area (Å²) in [6.07, 6.45) is -2.37. The molecule has 1 heterocycles. The van der Waals surface area contributed by atoms with Crippen LogP contribution in [0.25, 0.3) is 0 Å². The second-order valence-electron chi connectivity index (χ2n) is 18.5. The maximum Gasteiger partial charge on any atom is 0.302 e. The molecule has 6 N–H and O–H groups in total. The summed E-state index contributed by atoms with van der Waals surface area (Å²) in [6.45, 7) is 18.8. The van der Waals surface area contributed by atoms with Gasteiger partial charge in [0.25, 0.3) is 0 Å². The molecule has 6 aliphatic rings. The molecule has 5 fully saturated rings. The summed E-state index contributed by atoms with van der Waals surface area (Å²) < 4.78 is 18.3. The van der Waals surface area contributed by atoms with E-state index in [-0.39, 0.29) is 51.2 Å². The third kappa shape index (κ3) is 4.90. The molecule has 17 atom stereocenters. The fourth-order valence-corrected chi connectivity index (χ4v) is 13.4. The van der Waals surface area contributed by atoms with Crippen LogP contribution in [0.1, 0.15) is 101 Å². The molecular formula is C38H62O10. The Labute approximate surface area is 286 Å². The molecule has 6 rings (SSSR count). The van der Waals surface area contributed by atoms with Crippen LogP contribution in [0, 0.1) is 56.7 Å². The smallest absolute Gasteiger partial charge is 0.302 e. The van der Waals surface area contributed by atoms with E-state index in [0.717, 1.165) is 32.1 Å². The van der Waals surface area contributed by atoms with Crippen molar-refractivity contribution >= 4 is 5.97 Å². The Morgan fingerprint density at radius 2 is 1.58 bits per heavy atom. The van der Waals surface area contributed by atoms with E-state index in [9.17, 15) is 35.4 Å². The van der Waals surface area contributed by atoms with Crippen molar-refractivity contribution in [1.82, 2.24) is 0 Å². The summed E-state index contributed by atoms with van der Waals surface area (Å²) in [4.78, 5) is 12.6. The third-order valence-corrected chi connectivity index (χ3v) is 15.5. The van der Waals surface area contributed by atoms with E-state index in [0.29, 0.717) is 6.42 Å². The number of carbonyl (C=O) groups excluding carboxylic acids is 1. The number of hydrogen-bond donors (Lipinski definition) is 6. The minimum absolute atomic E-state index is 0.0256. The highest BCUT2D eigenvalue weighted by Crippen LogP contribution is 2.76. The van der Waals surface area contributed by atoms with E-state index < -0.39 is 73.1 Å². The minimum Gasteiger partial charge on any atom is -0.460 e. The van der Waals surface area contributed by atoms with Gasteiger partial charge in [0, 0.05) is 6.92 Å². The lowest BCUT2D eigenvalue weighted by Gasteiger charge is -2.69. The topological polar surface area (TPSA) is 166 Å². The summed E-state index contributed by atoms with van der Waals surface area (Å²) in [5.74, 6) is 0.234. The SMILES string of the molecule is CC(=O)O[C@H]1C[C@]2(C)C3=CC[C@]4(C)[C@@H]5[C@@H](O)[C@@H](O)[C@H](C(C)C)[C@@]5(C)CC[C@@]4(C)[C@H]3CC[C@H]2C(C)(C)[C@H]1O[C@H]1O[C@@H](CO)[C@@H](O)[C@@H](O)[C@H]1O. The molecule has 0 aromatic carbocycles. The lowest BCUT2D eigenvalue weighted by atomic mass is 9.35. The lowest BCUT2D eigenvalue weighted by molar-refractivity contribution is -0.336. The number of esters is 1. The number of hydrogen-bond acceptors (Lipinski definition) is 10. The van der Waals surface area contributed by atoms with Gasteiger partial charge in [0.05, 0.1) is 18.8 Å². The van der Waals surface area contributed by atoms with Gasteiger partial charge in [-0.1, -0.05) is 67.0 Å². The molecule has 1 saturated heterocycles. The van der Waals surface area contributed by atoms with Crippen molar-refractivity contribution in [2.24, 2.45) is 56.7 Å². The highest BCUT2D eigenvalue weighted by Gasteiger charge is 2.73. The number of rotatable bonds is 5. The lowest BCUT2D eigenvalue weighted by Crippen LogP contribution is -2.66. The summed E-state index contributed by atoms with van der Waals surface area (Å²) >= 11 is 0. The first-order chi connectivity index (χ1) is 22.2. The van der Waals surface area contributed by atoms with Gasteiger partial charge in [-0.05, 0) is 95.2 Å². The van der Waals surface area contributed by atoms with Gasteiger partial charge < -0.3 is 44.8 Å². The molecule has 0 unspecified atom stereocenters. The summed E-state index contributed by atoms with van der Waals surface area (Å²) in [7, 11) is 0. The number of aliphatic hydroxyl groups is 6. The molecule has 10 heteroatoms. The van der Waals surface area contributed by atoms with Crippen molar-refractivity contribution in [2.75, 3.05) is 6.61 Å². The maximum atomic E-state index is 12.6. The van der Waals surface area contributed by atoms with Gasteiger partial charge in [0.2, 0.25) is 0 Å². The molecule has 0 spiro atoms. The molecular weight excluding hydrogens is 616 g/mol. The summed E-state index contributed by atoms with van der Waals surface area (Å²) in [5, 5.41) is 64.7. The molecule has 0 aromatic heterocycles. The molecule has 274 valence electrons. The largest absolute Gasteiger partial charge is 0.460 e. The highest BCUT2D eigenvalue weighted by molar-refractivity contribution is 5.66. The monoisotopic (exact) mass is 678 g/mol. The molecule has 4 saturated carbocycles. The molecule has 0 amide bonds. The van der Waals surface area contributed by atoms with Crippen LogP contribution < -0.4 is 0 Å². The van der Waals surface area contributed by atoms with E-state index >= 15 is 0 Å². The second kappa shape index (κ2) is 12.0. The fraction of sp³-hybridized carbons (Fsp3) is 0.921. The third-order valence-electron chi connectivity index (χ3n) is 15.5. The zero-order chi connectivity index (χ0) is 35.5. The molecule has 10 nitrogen and oxygen atoms in total. The Kier molecular flexibility index (Phi) is 9.15. The van der Waals surface area contributed by atoms with Gasteiger partial charge in [-0.2, -0.15) is 0 Å². The number of ether oxygens (including phenoxy) is 3. The van der Waals surface area contributed by atoms with Gasteiger partial charge in [0.15, 0.2) is 6.29 Å². The Balaban J connectivity index is 1.36. The normalized spacial score (nSPS) is 54.4. The first-order valence-corrected chi connectivity index (χ1v) is 18.4. The average Bonchev–Trinajstić information content (AvgIpc) is 3.20. The van der Waals surface area contributed by atoms with Crippen molar-refractivity contribution in [3.8, 4) is 0 Å². The van der Waals surface area contributed by atoms with Crippen LogP contribution in [0.5, 0.6) is 0 Å². The van der Waals surface area contributed by atoms with Crippen LogP contribution >= 0.6 is 0 Å². The Bertz CT molecular complexity index is 1280. The van der Waals surface area contributed by atoms with Gasteiger partial charge in [-0.3, -0.25) is 4.79 Å². The van der Waals surface area contributed by atoms with Gasteiger partial charge in [0.1, 0.15) is 36.6 Å². The Hall–Kier alpha value is -1.11. The van der Waals surface area contributed by atoms with E-state index in [1.807, 2.05) is 0 Å². The summed E-state index contributed by atoms with van der Waals surface area (Å²) in [5.41, 5.74) is 0.0207. The summed E-state index contributed by atoms with van der Waals surface area (Å²) in [6, 6.07) is 0. The van der Waals surface area contributed by atoms with Crippen LogP contribution in [0.3, 0.4) is 0 Å². The molecule has 1 aliphatic heterocycles. The Morgan fingerprint density at radius 3 is 2.19 bits per heavy atom. The fourth-order valence-electron chi connectivity index (χ4n) is 13.4. The predicted molar refractivity (Wildman–Crippen MR) is 177 cm³/mol. The number of allylic oxidation sites excluding steroid dienone is 2. The zero-order valence-electron chi connectivity index (χ0n) is 30.4. The highest BCUT2D eigenvalue weighted by atomic mass is 16.7. The van der Waals surface area contributed by atoms with Gasteiger partial charge in [-0.25, -0.2) is 0 Å². The Morgan fingerprint density at radius 1 is 0.917 bits per heavy atom. The van der Waals surface area contributed by atoms with Crippen LogP contribution in [-0.4, -0.2) is 98.3 Å².